The van der Waals surface area contributed by atoms with Crippen LogP contribution in [0.1, 0.15) is 0 Å². The lowest BCUT2D eigenvalue weighted by atomic mass is 9.99. The lowest BCUT2D eigenvalue weighted by Crippen LogP contribution is -1.93. The number of nitrogens with zero attached hydrogens (tertiary/aromatic N) is 2. The molecule has 0 saturated carbocycles. The maximum absolute atomic E-state index is 6.23. The summed E-state index contributed by atoms with van der Waals surface area (Å²) >= 11 is 1.84. The van der Waals surface area contributed by atoms with Gasteiger partial charge < -0.3 is 4.42 Å². The van der Waals surface area contributed by atoms with E-state index in [2.05, 4.69) is 150 Å². The number of hydrogen-bond acceptors (Lipinski definition) is 3. The number of furan rings is 1. The Labute approximate surface area is 295 Å². The number of benzene rings is 8. The van der Waals surface area contributed by atoms with Crippen molar-refractivity contribution in [3.8, 4) is 22.4 Å². The maximum atomic E-state index is 6.23. The molecule has 0 amide bonds. The first-order chi connectivity index (χ1) is 25.2. The Morgan fingerprint density at radius 3 is 2.06 bits per heavy atom. The number of thiophene rings is 1. The monoisotopic (exact) mass is 666 g/mol. The first-order valence-electron chi connectivity index (χ1n) is 17.3. The van der Waals surface area contributed by atoms with Crippen molar-refractivity contribution >= 4 is 102 Å². The fraction of sp³-hybridized carbons (Fsp3) is 0. The number of imidazole rings is 1. The van der Waals surface area contributed by atoms with Gasteiger partial charge in [0, 0.05) is 31.6 Å². The van der Waals surface area contributed by atoms with Crippen molar-refractivity contribution in [1.29, 1.82) is 0 Å². The van der Waals surface area contributed by atoms with Gasteiger partial charge in [-0.25, -0.2) is 4.98 Å². The smallest absolute Gasteiger partial charge is 0.156 e. The molecule has 0 unspecified atom stereocenters. The van der Waals surface area contributed by atoms with Crippen LogP contribution in [0.4, 0.5) is 0 Å². The summed E-state index contributed by atoms with van der Waals surface area (Å²) < 4.78 is 11.1. The van der Waals surface area contributed by atoms with Gasteiger partial charge in [0.15, 0.2) is 5.65 Å². The Hall–Kier alpha value is -6.49. The number of pyridine rings is 1. The molecule has 4 heterocycles. The fourth-order valence-corrected chi connectivity index (χ4v) is 9.48. The van der Waals surface area contributed by atoms with E-state index in [0.717, 1.165) is 61.0 Å². The van der Waals surface area contributed by atoms with Crippen molar-refractivity contribution in [2.75, 3.05) is 0 Å². The molecule has 4 aromatic heterocycles. The Bertz CT molecular complexity index is 3420. The molecule has 236 valence electrons. The molecule has 0 saturated heterocycles. The third-order valence-electron chi connectivity index (χ3n) is 10.7. The van der Waals surface area contributed by atoms with Crippen molar-refractivity contribution < 1.29 is 4.42 Å². The molecule has 8 aromatic carbocycles. The SMILES string of the molecule is c1ccc2cc3c(ccc4c3nc3c5sc6ccc7ccccc7c6c5cc(-c5ccc(-c6ccc7c(c6)oc6ccccc67)cc5)n43)cc2c1. The number of aromatic nitrogens is 2. The zero-order chi connectivity index (χ0) is 33.2. The van der Waals surface area contributed by atoms with E-state index in [1.807, 2.05) is 23.5 Å². The Kier molecular flexibility index (Phi) is 5.38. The Balaban J connectivity index is 1.13. The number of fused-ring (bicyclic) bond motifs is 15. The van der Waals surface area contributed by atoms with Gasteiger partial charge in [0.05, 0.1) is 21.4 Å². The van der Waals surface area contributed by atoms with Gasteiger partial charge in [0.2, 0.25) is 0 Å². The predicted molar refractivity (Wildman–Crippen MR) is 216 cm³/mol. The second kappa shape index (κ2) is 10.0. The summed E-state index contributed by atoms with van der Waals surface area (Å²) in [4.78, 5) is 5.51. The summed E-state index contributed by atoms with van der Waals surface area (Å²) in [5, 5.41) is 12.2. The molecule has 0 aliphatic carbocycles. The van der Waals surface area contributed by atoms with Crippen LogP contribution in [0, 0.1) is 0 Å². The molecule has 0 fully saturated rings. The van der Waals surface area contributed by atoms with Crippen LogP contribution in [0.15, 0.2) is 162 Å². The minimum Gasteiger partial charge on any atom is -0.456 e. The fourth-order valence-electron chi connectivity index (χ4n) is 8.30. The van der Waals surface area contributed by atoms with Crippen molar-refractivity contribution in [1.82, 2.24) is 9.38 Å². The van der Waals surface area contributed by atoms with Crippen LogP contribution in [0.25, 0.3) is 113 Å². The van der Waals surface area contributed by atoms with E-state index in [1.54, 1.807) is 0 Å². The van der Waals surface area contributed by atoms with Crippen LogP contribution >= 0.6 is 11.3 Å². The van der Waals surface area contributed by atoms with E-state index in [0.29, 0.717) is 0 Å². The lowest BCUT2D eigenvalue weighted by Gasteiger charge is -2.11. The highest BCUT2D eigenvalue weighted by molar-refractivity contribution is 7.26. The summed E-state index contributed by atoms with van der Waals surface area (Å²) in [6.07, 6.45) is 0. The molecule has 51 heavy (non-hydrogen) atoms. The van der Waals surface area contributed by atoms with Crippen molar-refractivity contribution in [3.63, 3.8) is 0 Å². The molecule has 0 aliphatic heterocycles. The maximum Gasteiger partial charge on any atom is 0.156 e. The molecule has 3 nitrogen and oxygen atoms in total. The van der Waals surface area contributed by atoms with E-state index in [9.17, 15) is 0 Å². The van der Waals surface area contributed by atoms with Crippen LogP contribution in [-0.4, -0.2) is 9.38 Å². The van der Waals surface area contributed by atoms with Gasteiger partial charge in [-0.2, -0.15) is 0 Å². The highest BCUT2D eigenvalue weighted by Gasteiger charge is 2.20. The molecule has 0 bridgehead atoms. The van der Waals surface area contributed by atoms with Gasteiger partial charge in [-0.15, -0.1) is 11.3 Å². The summed E-state index contributed by atoms with van der Waals surface area (Å²) in [5.74, 6) is 0. The molecule has 0 N–H and O–H groups in total. The van der Waals surface area contributed by atoms with Gasteiger partial charge in [-0.1, -0.05) is 109 Å². The molecule has 12 aromatic rings. The Morgan fingerprint density at radius 2 is 1.18 bits per heavy atom. The van der Waals surface area contributed by atoms with Crippen molar-refractivity contribution in [3.05, 3.63) is 158 Å². The molecule has 0 atom stereocenters. The molecule has 12 rings (SSSR count). The second-order valence-corrected chi connectivity index (χ2v) is 14.6. The predicted octanol–water partition coefficient (Wildman–Crippen LogP) is 13.5. The van der Waals surface area contributed by atoms with Gasteiger partial charge in [0.25, 0.3) is 0 Å². The summed E-state index contributed by atoms with van der Waals surface area (Å²) in [6, 6.07) is 57.1. The first-order valence-corrected chi connectivity index (χ1v) is 18.1. The van der Waals surface area contributed by atoms with E-state index >= 15 is 0 Å². The number of rotatable bonds is 2. The molecular weight excluding hydrogens is 641 g/mol. The standard InChI is InChI=1S/C47H26N2OS/c1-2-9-31-24-37-33(23-30(31)8-1)18-21-39-45(37)48-47-46-38(44-34-10-4-3-7-28(34)19-22-43(44)51-46)26-40(49(39)47)29-15-13-27(14-16-29)32-17-20-36-35-11-5-6-12-41(35)50-42(36)25-32/h1-26H. The second-order valence-electron chi connectivity index (χ2n) is 13.5. The zero-order valence-corrected chi connectivity index (χ0v) is 28.0. The molecule has 4 heteroatoms. The third kappa shape index (κ3) is 3.85. The largest absolute Gasteiger partial charge is 0.456 e. The zero-order valence-electron chi connectivity index (χ0n) is 27.2. The van der Waals surface area contributed by atoms with Crippen LogP contribution in [0.2, 0.25) is 0 Å². The van der Waals surface area contributed by atoms with E-state index < -0.39 is 0 Å². The summed E-state index contributed by atoms with van der Waals surface area (Å²) in [5.41, 5.74) is 9.54. The van der Waals surface area contributed by atoms with Gasteiger partial charge in [0.1, 0.15) is 11.2 Å². The molecular formula is C47H26N2OS. The van der Waals surface area contributed by atoms with Crippen LogP contribution in [-0.2, 0) is 0 Å². The van der Waals surface area contributed by atoms with E-state index in [4.69, 9.17) is 9.40 Å². The topological polar surface area (TPSA) is 30.4 Å². The highest BCUT2D eigenvalue weighted by Crippen LogP contribution is 2.44. The van der Waals surface area contributed by atoms with E-state index in [-0.39, 0.29) is 0 Å². The highest BCUT2D eigenvalue weighted by atomic mass is 32.1. The molecule has 0 spiro atoms. The first kappa shape index (κ1) is 27.3. The summed E-state index contributed by atoms with van der Waals surface area (Å²) in [7, 11) is 0. The van der Waals surface area contributed by atoms with Gasteiger partial charge in [-0.05, 0) is 92.2 Å². The quantitative estimate of drug-likeness (QED) is 0.172. The van der Waals surface area contributed by atoms with Crippen molar-refractivity contribution in [2.24, 2.45) is 0 Å². The van der Waals surface area contributed by atoms with Crippen LogP contribution < -0.4 is 0 Å². The van der Waals surface area contributed by atoms with Gasteiger partial charge >= 0.3 is 0 Å². The third-order valence-corrected chi connectivity index (χ3v) is 11.9. The summed E-state index contributed by atoms with van der Waals surface area (Å²) in [6.45, 7) is 0. The van der Waals surface area contributed by atoms with Crippen molar-refractivity contribution in [2.45, 2.75) is 0 Å². The lowest BCUT2D eigenvalue weighted by molar-refractivity contribution is 0.669. The number of hydrogen-bond donors (Lipinski definition) is 0. The molecule has 0 aliphatic rings. The van der Waals surface area contributed by atoms with Gasteiger partial charge in [-0.3, -0.25) is 4.40 Å². The minimum absolute atomic E-state index is 0.909. The van der Waals surface area contributed by atoms with Crippen LogP contribution in [0.3, 0.4) is 0 Å². The minimum atomic E-state index is 0.909. The van der Waals surface area contributed by atoms with E-state index in [1.165, 1.54) is 52.5 Å². The Morgan fingerprint density at radius 1 is 0.471 bits per heavy atom. The molecule has 0 radical (unpaired) electrons. The number of para-hydroxylation sites is 1. The normalized spacial score (nSPS) is 12.3. The average molecular weight is 667 g/mol. The van der Waals surface area contributed by atoms with Crippen LogP contribution in [0.5, 0.6) is 0 Å². The average Bonchev–Trinajstić information content (AvgIpc) is 3.88.